The van der Waals surface area contributed by atoms with Crippen molar-refractivity contribution in [2.45, 2.75) is 10.8 Å². The molecule has 0 aromatic heterocycles. The first-order chi connectivity index (χ1) is 14.3. The van der Waals surface area contributed by atoms with Crippen molar-refractivity contribution in [2.75, 3.05) is 6.26 Å². The topological polar surface area (TPSA) is 0 Å². The molecule has 0 saturated carbocycles. The molecule has 3 rings (SSSR count). The van der Waals surface area contributed by atoms with Crippen molar-refractivity contribution in [2.24, 2.45) is 0 Å². The van der Waals surface area contributed by atoms with Gasteiger partial charge in [-0.3, -0.25) is 0 Å². The maximum Gasteiger partial charge on any atom is 0.372 e. The maximum atomic E-state index is 6.33. The van der Waals surface area contributed by atoms with Gasteiger partial charge in [0.2, 0.25) is 0 Å². The SMILES string of the molecule is CS(Cl)(Cl)c1ccc(C(c2ccc([Si](Cl)(Cl)Cl)cc2)c2ccc([Si](Cl)(Cl)Cl)cc2)cc1. The minimum Gasteiger partial charge on any atom is -0.121 e. The van der Waals surface area contributed by atoms with E-state index in [9.17, 15) is 0 Å². The van der Waals surface area contributed by atoms with Crippen molar-refractivity contribution in [3.63, 3.8) is 0 Å². The lowest BCUT2D eigenvalue weighted by Crippen LogP contribution is -2.30. The monoisotopic (exact) mass is 624 g/mol. The van der Waals surface area contributed by atoms with Crippen LogP contribution >= 0.6 is 96.3 Å². The Hall–Kier alpha value is 0.764. The Labute approximate surface area is 223 Å². The summed E-state index contributed by atoms with van der Waals surface area (Å²) < 4.78 is 0. The molecular formula is C20H16Cl8SSi2. The fourth-order valence-electron chi connectivity index (χ4n) is 3.21. The van der Waals surface area contributed by atoms with Gasteiger partial charge in [0.15, 0.2) is 0 Å². The van der Waals surface area contributed by atoms with Gasteiger partial charge in [0.25, 0.3) is 0 Å². The first-order valence-electron chi connectivity index (χ1n) is 8.88. The number of hydrogen-bond acceptors (Lipinski definition) is 0. The van der Waals surface area contributed by atoms with Crippen molar-refractivity contribution in [1.29, 1.82) is 0 Å². The second-order valence-electron chi connectivity index (χ2n) is 6.97. The molecule has 0 unspecified atom stereocenters. The highest BCUT2D eigenvalue weighted by molar-refractivity contribution is 8.65. The van der Waals surface area contributed by atoms with E-state index >= 15 is 0 Å². The van der Waals surface area contributed by atoms with Crippen LogP contribution in [0, 0.1) is 0 Å². The third-order valence-corrected chi connectivity index (χ3v) is 12.8. The predicted molar refractivity (Wildman–Crippen MR) is 150 cm³/mol. The molecular weight excluding hydrogens is 612 g/mol. The van der Waals surface area contributed by atoms with E-state index in [0.29, 0.717) is 0 Å². The van der Waals surface area contributed by atoms with Crippen LogP contribution in [0.1, 0.15) is 22.6 Å². The van der Waals surface area contributed by atoms with Crippen molar-refractivity contribution in [1.82, 2.24) is 0 Å². The molecule has 0 aliphatic heterocycles. The quantitative estimate of drug-likeness (QED) is 0.146. The van der Waals surface area contributed by atoms with Gasteiger partial charge >= 0.3 is 12.0 Å². The lowest BCUT2D eigenvalue weighted by atomic mass is 9.85. The second kappa shape index (κ2) is 10.2. The van der Waals surface area contributed by atoms with Crippen LogP contribution in [0.25, 0.3) is 0 Å². The van der Waals surface area contributed by atoms with Crippen LogP contribution in [0.2, 0.25) is 0 Å². The van der Waals surface area contributed by atoms with Gasteiger partial charge in [-0.1, -0.05) is 69.1 Å². The lowest BCUT2D eigenvalue weighted by Gasteiger charge is -2.23. The van der Waals surface area contributed by atoms with Crippen molar-refractivity contribution < 1.29 is 0 Å². The summed E-state index contributed by atoms with van der Waals surface area (Å²) in [5.41, 5.74) is 3.16. The highest BCUT2D eigenvalue weighted by Crippen LogP contribution is 2.61. The minimum absolute atomic E-state index is 0.0712. The van der Waals surface area contributed by atoms with Crippen LogP contribution in [-0.4, -0.2) is 18.3 Å². The normalized spacial score (nSPS) is 13.5. The van der Waals surface area contributed by atoms with Gasteiger partial charge in [0.05, 0.1) is 0 Å². The van der Waals surface area contributed by atoms with Gasteiger partial charge < -0.3 is 0 Å². The Kier molecular flexibility index (Phi) is 8.65. The number of hydrogen-bond donors (Lipinski definition) is 0. The Morgan fingerprint density at radius 3 is 1.10 bits per heavy atom. The number of benzene rings is 3. The zero-order valence-electron chi connectivity index (χ0n) is 15.9. The van der Waals surface area contributed by atoms with E-state index in [-0.39, 0.29) is 5.92 Å². The molecule has 0 spiro atoms. The molecule has 31 heavy (non-hydrogen) atoms. The molecule has 0 heterocycles. The first-order valence-corrected chi connectivity index (χ1v) is 22.6. The Balaban J connectivity index is 2.08. The average Bonchev–Trinajstić information content (AvgIpc) is 2.67. The van der Waals surface area contributed by atoms with Crippen molar-refractivity contribution in [3.8, 4) is 0 Å². The van der Waals surface area contributed by atoms with E-state index in [1.54, 1.807) is 0 Å². The molecule has 0 aliphatic rings. The Morgan fingerprint density at radius 2 is 0.839 bits per heavy atom. The highest BCUT2D eigenvalue weighted by atomic mass is 36.0. The van der Waals surface area contributed by atoms with Crippen LogP contribution in [0.5, 0.6) is 0 Å². The summed E-state index contributed by atoms with van der Waals surface area (Å²) in [5, 5.41) is 1.47. The van der Waals surface area contributed by atoms with E-state index in [0.717, 1.165) is 32.0 Å². The molecule has 0 N–H and O–H groups in total. The van der Waals surface area contributed by atoms with Crippen molar-refractivity contribution >= 4 is 119 Å². The summed E-state index contributed by atoms with van der Waals surface area (Å²) in [5.74, 6) is -0.0712. The molecule has 0 bridgehead atoms. The molecule has 166 valence electrons. The smallest absolute Gasteiger partial charge is 0.121 e. The average molecular weight is 628 g/mol. The summed E-state index contributed by atoms with van der Waals surface area (Å²) in [6.45, 7) is 0. The minimum atomic E-state index is -2.96. The molecule has 0 atom stereocenters. The largest absolute Gasteiger partial charge is 0.372 e. The van der Waals surface area contributed by atoms with Crippen LogP contribution in [-0.2, 0) is 0 Å². The molecule has 0 nitrogen and oxygen atoms in total. The van der Waals surface area contributed by atoms with Gasteiger partial charge in [0.1, 0.15) is 0 Å². The predicted octanol–water partition coefficient (Wildman–Crippen LogP) is 8.69. The fraction of sp³-hybridized carbons (Fsp3) is 0.100. The molecule has 0 aliphatic carbocycles. The molecule has 0 saturated heterocycles. The van der Waals surface area contributed by atoms with Gasteiger partial charge in [-0.2, -0.15) is 0 Å². The molecule has 0 radical (unpaired) electrons. The van der Waals surface area contributed by atoms with Crippen LogP contribution in [0.3, 0.4) is 0 Å². The Morgan fingerprint density at radius 1 is 0.548 bits per heavy atom. The van der Waals surface area contributed by atoms with Gasteiger partial charge in [0, 0.05) is 10.8 Å². The molecule has 0 fully saturated rings. The zero-order valence-corrected chi connectivity index (χ0v) is 24.8. The van der Waals surface area contributed by atoms with Crippen LogP contribution in [0.4, 0.5) is 0 Å². The first kappa shape index (κ1) is 26.4. The summed E-state index contributed by atoms with van der Waals surface area (Å²) in [6.07, 6.45) is 1.82. The summed E-state index contributed by atoms with van der Waals surface area (Å²) in [6, 6.07) is 17.5. The lowest BCUT2D eigenvalue weighted by molar-refractivity contribution is 0.975. The van der Waals surface area contributed by atoms with Gasteiger partial charge in [-0.25, -0.2) is 0 Å². The van der Waals surface area contributed by atoms with E-state index in [1.807, 2.05) is 79.1 Å². The third-order valence-electron chi connectivity index (χ3n) is 4.77. The standard InChI is InChI=1S/C20H16Cl8SSi2/c1-29(21,22)17-8-2-14(3-9-17)20(15-4-10-18(11-5-15)30(23,24)25)16-6-12-19(13-7-16)31(26,27)28/h2-13,20H,1H3. The van der Waals surface area contributed by atoms with Crippen molar-refractivity contribution in [3.05, 3.63) is 89.5 Å². The summed E-state index contributed by atoms with van der Waals surface area (Å²) in [7, 11) is 10.8. The van der Waals surface area contributed by atoms with E-state index < -0.39 is 20.5 Å². The van der Waals surface area contributed by atoms with Crippen LogP contribution < -0.4 is 10.4 Å². The molecule has 11 heteroatoms. The Bertz CT molecular complexity index is 885. The molecule has 0 amide bonds. The van der Waals surface area contributed by atoms with E-state index in [2.05, 4.69) is 0 Å². The maximum absolute atomic E-state index is 6.33. The number of halogens is 8. The third kappa shape index (κ3) is 6.89. The summed E-state index contributed by atoms with van der Waals surface area (Å²) >= 11 is 36.9. The van der Waals surface area contributed by atoms with E-state index in [1.165, 1.54) is 0 Å². The van der Waals surface area contributed by atoms with E-state index in [4.69, 9.17) is 87.8 Å². The molecule has 3 aromatic carbocycles. The van der Waals surface area contributed by atoms with Gasteiger partial charge in [-0.15, -0.1) is 66.5 Å². The number of rotatable bonds is 6. The second-order valence-corrected chi connectivity index (χ2v) is 29.9. The fourth-order valence-corrected chi connectivity index (χ4v) is 7.79. The highest BCUT2D eigenvalue weighted by Gasteiger charge is 2.30. The molecule has 3 aromatic rings. The zero-order chi connectivity index (χ0) is 23.0. The summed E-state index contributed by atoms with van der Waals surface area (Å²) in [4.78, 5) is 0.897. The van der Waals surface area contributed by atoms with Gasteiger partial charge in [-0.05, 0) is 66.8 Å². The van der Waals surface area contributed by atoms with Crippen LogP contribution in [0.15, 0.2) is 77.7 Å².